The van der Waals surface area contributed by atoms with Crippen molar-refractivity contribution in [2.45, 2.75) is 25.9 Å². The highest BCUT2D eigenvalue weighted by Gasteiger charge is 2.24. The molecule has 0 radical (unpaired) electrons. The summed E-state index contributed by atoms with van der Waals surface area (Å²) in [7, 11) is 2.87. The lowest BCUT2D eigenvalue weighted by Gasteiger charge is -2.38. The van der Waals surface area contributed by atoms with E-state index in [4.69, 9.17) is 4.74 Å². The van der Waals surface area contributed by atoms with Gasteiger partial charge >= 0.3 is 6.01 Å². The quantitative estimate of drug-likeness (QED) is 0.639. The number of fused-ring (bicyclic) bond motifs is 1. The molecule has 0 bridgehead atoms. The minimum atomic E-state index is -0.948. The van der Waals surface area contributed by atoms with E-state index in [9.17, 15) is 14.0 Å². The van der Waals surface area contributed by atoms with Crippen molar-refractivity contribution in [1.29, 1.82) is 0 Å². The van der Waals surface area contributed by atoms with Gasteiger partial charge in [0.15, 0.2) is 5.82 Å². The molecule has 4 rings (SSSR count). The molecule has 3 heterocycles. The van der Waals surface area contributed by atoms with E-state index in [1.54, 1.807) is 12.3 Å². The third-order valence-corrected chi connectivity index (χ3v) is 5.43. The highest BCUT2D eigenvalue weighted by Crippen LogP contribution is 2.31. The maximum absolute atomic E-state index is 13.8. The van der Waals surface area contributed by atoms with E-state index >= 15 is 0 Å². The predicted octanol–water partition coefficient (Wildman–Crippen LogP) is 1.92. The maximum atomic E-state index is 13.8. The van der Waals surface area contributed by atoms with Crippen molar-refractivity contribution in [3.8, 4) is 6.01 Å². The first-order valence-corrected chi connectivity index (χ1v) is 10.3. The Bertz CT molecular complexity index is 1210. The van der Waals surface area contributed by atoms with Crippen molar-refractivity contribution < 1.29 is 13.9 Å². The lowest BCUT2D eigenvalue weighted by molar-refractivity contribution is 0.102. The predicted molar refractivity (Wildman–Crippen MR) is 120 cm³/mol. The zero-order valence-corrected chi connectivity index (χ0v) is 18.3. The summed E-state index contributed by atoms with van der Waals surface area (Å²) in [4.78, 5) is 35.6. The molecule has 2 aromatic heterocycles. The average Bonchev–Trinajstić information content (AvgIpc) is 2.75. The summed E-state index contributed by atoms with van der Waals surface area (Å²) in [5.41, 5.74) is 1.03. The van der Waals surface area contributed by atoms with E-state index < -0.39 is 17.3 Å². The number of methoxy groups -OCH3 is 1. The number of carbonyl (C=O) groups excluding carboxylic acids is 1. The number of aryl methyl sites for hydroxylation is 1. The van der Waals surface area contributed by atoms with E-state index in [2.05, 4.69) is 39.3 Å². The number of pyridine rings is 1. The second-order valence-corrected chi connectivity index (χ2v) is 8.07. The third-order valence-electron chi connectivity index (χ3n) is 5.43. The molecule has 10 heteroatoms. The number of aromatic nitrogens is 3. The number of hydrogen-bond donors (Lipinski definition) is 2. The van der Waals surface area contributed by atoms with Gasteiger partial charge in [-0.1, -0.05) is 0 Å². The first kappa shape index (κ1) is 21.7. The molecule has 0 aliphatic carbocycles. The number of carbonyl (C=O) groups is 1. The molecular formula is C22H25FN6O3. The Morgan fingerprint density at radius 3 is 2.66 bits per heavy atom. The minimum Gasteiger partial charge on any atom is -0.467 e. The number of nitrogens with zero attached hydrogens (tertiary/aromatic N) is 4. The maximum Gasteiger partial charge on any atom is 0.316 e. The summed E-state index contributed by atoms with van der Waals surface area (Å²) in [5, 5.41) is 6.86. The van der Waals surface area contributed by atoms with Crippen LogP contribution in [0.15, 0.2) is 35.4 Å². The van der Waals surface area contributed by atoms with E-state index in [1.807, 2.05) is 6.07 Å². The number of benzene rings is 1. The van der Waals surface area contributed by atoms with Crippen molar-refractivity contribution in [1.82, 2.24) is 19.9 Å². The number of ether oxygens (including phenoxy) is 1. The lowest BCUT2D eigenvalue weighted by Crippen LogP contribution is -2.54. The Balaban J connectivity index is 1.76. The second kappa shape index (κ2) is 8.54. The number of anilines is 2. The molecule has 0 saturated carbocycles. The summed E-state index contributed by atoms with van der Waals surface area (Å²) in [6, 6.07) is 5.30. The van der Waals surface area contributed by atoms with Gasteiger partial charge in [0.05, 0.1) is 23.9 Å². The first-order chi connectivity index (χ1) is 15.3. The zero-order valence-electron chi connectivity index (χ0n) is 18.3. The topological polar surface area (TPSA) is 101 Å². The molecule has 2 N–H and O–H groups in total. The van der Waals surface area contributed by atoms with Crippen LogP contribution in [0.4, 0.5) is 15.8 Å². The van der Waals surface area contributed by atoms with Crippen molar-refractivity contribution in [2.75, 3.05) is 30.4 Å². The van der Waals surface area contributed by atoms with Crippen LogP contribution in [0.5, 0.6) is 6.01 Å². The van der Waals surface area contributed by atoms with Gasteiger partial charge in [-0.25, -0.2) is 9.37 Å². The monoisotopic (exact) mass is 440 g/mol. The van der Waals surface area contributed by atoms with Gasteiger partial charge in [-0.05, 0) is 26.0 Å². The van der Waals surface area contributed by atoms with Gasteiger partial charge in [0.2, 0.25) is 0 Å². The Labute approximate surface area is 184 Å². The minimum absolute atomic E-state index is 0.138. The summed E-state index contributed by atoms with van der Waals surface area (Å²) in [6.45, 7) is 5.85. The molecule has 1 fully saturated rings. The SMILES string of the molecule is COc1ncc2c(N3C[C@H](C)N[C@@H](C)C3)ccc(C(=O)Nc3cc(F)c(=O)n(C)c3)c2n1. The molecule has 168 valence electrons. The third kappa shape index (κ3) is 4.13. The van der Waals surface area contributed by atoms with Crippen molar-refractivity contribution in [3.05, 3.63) is 52.3 Å². The van der Waals surface area contributed by atoms with Crippen molar-refractivity contribution in [3.63, 3.8) is 0 Å². The van der Waals surface area contributed by atoms with E-state index in [1.165, 1.54) is 20.4 Å². The number of nitrogens with one attached hydrogen (secondary N) is 2. The lowest BCUT2D eigenvalue weighted by atomic mass is 10.0. The van der Waals surface area contributed by atoms with Crippen LogP contribution in [0.25, 0.3) is 10.9 Å². The van der Waals surface area contributed by atoms with Crippen molar-refractivity contribution in [2.24, 2.45) is 7.05 Å². The Kier molecular flexibility index (Phi) is 5.79. The number of amides is 1. The fourth-order valence-corrected chi connectivity index (χ4v) is 4.11. The van der Waals surface area contributed by atoms with Crippen molar-refractivity contribution >= 4 is 28.2 Å². The smallest absolute Gasteiger partial charge is 0.316 e. The standard InChI is InChI=1S/C22H25FN6O3/c1-12-9-29(10-13(2)25-12)18-6-5-15(19-16(18)8-24-22(27-19)32-4)20(30)26-14-7-17(23)21(31)28(3)11-14/h5-8,11-13,25H,9-10H2,1-4H3,(H,26,30)/t12-,13-/m0/s1. The van der Waals surface area contributed by atoms with Gasteiger partial charge < -0.3 is 24.8 Å². The van der Waals surface area contributed by atoms with E-state index in [0.29, 0.717) is 23.0 Å². The average molecular weight is 440 g/mol. The molecule has 1 amide bonds. The highest BCUT2D eigenvalue weighted by atomic mass is 19.1. The first-order valence-electron chi connectivity index (χ1n) is 10.3. The van der Waals surface area contributed by atoms with E-state index in [0.717, 1.165) is 29.4 Å². The molecule has 1 aliphatic heterocycles. The number of piperazine rings is 1. The number of rotatable bonds is 4. The number of halogens is 1. The van der Waals surface area contributed by atoms with Gasteiger partial charge in [0, 0.05) is 61.8 Å². The van der Waals surface area contributed by atoms with Crippen LogP contribution in [0.2, 0.25) is 0 Å². The molecule has 32 heavy (non-hydrogen) atoms. The van der Waals surface area contributed by atoms with Crippen LogP contribution in [0.1, 0.15) is 24.2 Å². The summed E-state index contributed by atoms with van der Waals surface area (Å²) >= 11 is 0. The molecule has 0 spiro atoms. The fourth-order valence-electron chi connectivity index (χ4n) is 4.11. The second-order valence-electron chi connectivity index (χ2n) is 8.07. The van der Waals surface area contributed by atoms with Crippen LogP contribution >= 0.6 is 0 Å². The normalized spacial score (nSPS) is 18.6. The highest BCUT2D eigenvalue weighted by molar-refractivity contribution is 6.13. The largest absolute Gasteiger partial charge is 0.467 e. The molecule has 1 saturated heterocycles. The van der Waals surface area contributed by atoms with Gasteiger partial charge in [-0.15, -0.1) is 0 Å². The summed E-state index contributed by atoms with van der Waals surface area (Å²) in [6.07, 6.45) is 3.01. The van der Waals surface area contributed by atoms with Crippen LogP contribution in [0, 0.1) is 5.82 Å². The number of hydrogen-bond acceptors (Lipinski definition) is 7. The molecular weight excluding hydrogens is 415 g/mol. The van der Waals surface area contributed by atoms with Gasteiger partial charge in [0.25, 0.3) is 11.5 Å². The Morgan fingerprint density at radius 2 is 2.00 bits per heavy atom. The van der Waals surface area contributed by atoms with Crippen LogP contribution in [-0.2, 0) is 7.05 Å². The van der Waals surface area contributed by atoms with Crippen LogP contribution in [-0.4, -0.2) is 52.7 Å². The molecule has 1 aromatic carbocycles. The van der Waals surface area contributed by atoms with Gasteiger partial charge in [-0.2, -0.15) is 4.98 Å². The Hall–Kier alpha value is -3.53. The van der Waals surface area contributed by atoms with Gasteiger partial charge in [0.1, 0.15) is 0 Å². The fraction of sp³-hybridized carbons (Fsp3) is 0.364. The molecule has 0 unspecified atom stereocenters. The van der Waals surface area contributed by atoms with E-state index in [-0.39, 0.29) is 17.3 Å². The summed E-state index contributed by atoms with van der Waals surface area (Å²) < 4.78 is 20.1. The summed E-state index contributed by atoms with van der Waals surface area (Å²) in [5.74, 6) is -1.43. The molecule has 2 atom stereocenters. The van der Waals surface area contributed by atoms with Crippen LogP contribution in [0.3, 0.4) is 0 Å². The van der Waals surface area contributed by atoms with Crippen LogP contribution < -0.4 is 25.8 Å². The molecule has 1 aliphatic rings. The zero-order chi connectivity index (χ0) is 23.0. The molecule has 3 aromatic rings. The van der Waals surface area contributed by atoms with Gasteiger partial charge in [-0.3, -0.25) is 9.59 Å². The molecule has 9 nitrogen and oxygen atoms in total. The Morgan fingerprint density at radius 1 is 1.28 bits per heavy atom.